The minimum Gasteiger partial charge on any atom is -0.466 e. The van der Waals surface area contributed by atoms with Crippen LogP contribution in [0.15, 0.2) is 23.8 Å². The van der Waals surface area contributed by atoms with Crippen molar-refractivity contribution in [2.45, 2.75) is 69.2 Å². The fraction of sp³-hybridized carbons (Fsp3) is 0.636. The van der Waals surface area contributed by atoms with E-state index in [1.54, 1.807) is 13.0 Å². The fourth-order valence-electron chi connectivity index (χ4n) is 4.35. The van der Waals surface area contributed by atoms with Gasteiger partial charge in [0.1, 0.15) is 12.2 Å². The highest BCUT2D eigenvalue weighted by atomic mass is 16.7. The Morgan fingerprint density at radius 1 is 1.22 bits per heavy atom. The summed E-state index contributed by atoms with van der Waals surface area (Å²) in [4.78, 5) is 50.0. The number of rotatable bonds is 4. The lowest BCUT2D eigenvalue weighted by molar-refractivity contribution is -0.174. The molecular formula is C22H26O10. The number of hydrogen-bond donors (Lipinski definition) is 0. The van der Waals surface area contributed by atoms with Crippen molar-refractivity contribution in [3.63, 3.8) is 0 Å². The zero-order chi connectivity index (χ0) is 23.4. The first-order valence-corrected chi connectivity index (χ1v) is 10.4. The monoisotopic (exact) mass is 450 g/mol. The maximum absolute atomic E-state index is 12.8. The summed E-state index contributed by atoms with van der Waals surface area (Å²) in [6, 6.07) is 0. The Kier molecular flexibility index (Phi) is 5.41. The highest BCUT2D eigenvalue weighted by Gasteiger charge is 2.65. The molecule has 10 heteroatoms. The van der Waals surface area contributed by atoms with Crippen molar-refractivity contribution in [1.82, 2.24) is 0 Å². The number of allylic oxidation sites excluding steroid dienone is 1. The summed E-state index contributed by atoms with van der Waals surface area (Å²) in [5.74, 6) is -3.77. The molecule has 3 aliphatic heterocycles. The largest absolute Gasteiger partial charge is 0.466 e. The number of carbonyl (C=O) groups is 4. The Morgan fingerprint density at radius 3 is 2.50 bits per heavy atom. The summed E-state index contributed by atoms with van der Waals surface area (Å²) in [5.41, 5.74) is -1.72. The molecule has 0 N–H and O–H groups in total. The first-order valence-electron chi connectivity index (χ1n) is 10.4. The third kappa shape index (κ3) is 3.81. The van der Waals surface area contributed by atoms with Gasteiger partial charge in [-0.05, 0) is 26.7 Å². The van der Waals surface area contributed by atoms with Crippen molar-refractivity contribution < 1.29 is 47.6 Å². The van der Waals surface area contributed by atoms with Crippen molar-refractivity contribution in [2.24, 2.45) is 5.92 Å². The number of esters is 4. The molecule has 0 amide bonds. The predicted octanol–water partition coefficient (Wildman–Crippen LogP) is 0.767. The smallest absolute Gasteiger partial charge is 0.341 e. The minimum atomic E-state index is -1.35. The fourth-order valence-corrected chi connectivity index (χ4v) is 4.35. The normalized spacial score (nSPS) is 40.1. The SMILES string of the molecule is C=C1C(=O)OC2C1C(OC(=O)C1(C)CO1)C(OC(C)=O)C(C(=O)OC)=CCCC1(C)OC21. The maximum atomic E-state index is 12.8. The average Bonchev–Trinajstić information content (AvgIpc) is 3.61. The van der Waals surface area contributed by atoms with Crippen LogP contribution in [0.4, 0.5) is 0 Å². The third-order valence-corrected chi connectivity index (χ3v) is 6.43. The van der Waals surface area contributed by atoms with E-state index in [2.05, 4.69) is 6.58 Å². The second kappa shape index (κ2) is 7.70. The molecular weight excluding hydrogens is 424 g/mol. The molecule has 0 radical (unpaired) electrons. The molecule has 7 atom stereocenters. The Bertz CT molecular complexity index is 916. The molecule has 3 saturated heterocycles. The van der Waals surface area contributed by atoms with Crippen LogP contribution < -0.4 is 0 Å². The van der Waals surface area contributed by atoms with E-state index >= 15 is 0 Å². The number of hydrogen-bond acceptors (Lipinski definition) is 10. The van der Waals surface area contributed by atoms with Gasteiger partial charge in [0.15, 0.2) is 17.8 Å². The minimum absolute atomic E-state index is 0.00373. The Morgan fingerprint density at radius 2 is 1.91 bits per heavy atom. The van der Waals surface area contributed by atoms with Crippen molar-refractivity contribution in [2.75, 3.05) is 13.7 Å². The van der Waals surface area contributed by atoms with Gasteiger partial charge < -0.3 is 28.4 Å². The molecule has 0 aromatic carbocycles. The van der Waals surface area contributed by atoms with E-state index in [0.717, 1.165) is 0 Å². The van der Waals surface area contributed by atoms with E-state index < -0.39 is 65.4 Å². The summed E-state index contributed by atoms with van der Waals surface area (Å²) in [6.45, 7) is 8.59. The second-order valence-corrected chi connectivity index (χ2v) is 8.88. The van der Waals surface area contributed by atoms with Crippen molar-refractivity contribution >= 4 is 23.9 Å². The summed E-state index contributed by atoms with van der Waals surface area (Å²) >= 11 is 0. The van der Waals surface area contributed by atoms with Crippen LogP contribution in [0.2, 0.25) is 0 Å². The Hall–Kier alpha value is -2.72. The van der Waals surface area contributed by atoms with E-state index in [1.165, 1.54) is 14.0 Å². The van der Waals surface area contributed by atoms with Gasteiger partial charge in [-0.3, -0.25) is 4.79 Å². The standard InChI is InChI=1S/C22H26O10/c1-10-13-15(31-20(26)22(4)9-28-22)14(29-11(2)23)12(19(25)27-5)7-6-8-21(3)17(32-21)16(13)30-18(10)24/h7,13-17H,1,6,8-9H2,2-5H3. The van der Waals surface area contributed by atoms with E-state index in [9.17, 15) is 19.2 Å². The molecule has 0 aromatic heterocycles. The van der Waals surface area contributed by atoms with Crippen LogP contribution in [0.1, 0.15) is 33.6 Å². The summed E-state index contributed by atoms with van der Waals surface area (Å²) in [5, 5.41) is 0. The van der Waals surface area contributed by atoms with Crippen molar-refractivity contribution in [3.8, 4) is 0 Å². The molecule has 10 nitrogen and oxygen atoms in total. The zero-order valence-corrected chi connectivity index (χ0v) is 18.4. The number of epoxide rings is 2. The second-order valence-electron chi connectivity index (χ2n) is 8.88. The van der Waals surface area contributed by atoms with Gasteiger partial charge in [-0.2, -0.15) is 0 Å². The Balaban J connectivity index is 1.83. The molecule has 174 valence electrons. The van der Waals surface area contributed by atoms with Crippen LogP contribution in [-0.2, 0) is 47.6 Å². The summed E-state index contributed by atoms with van der Waals surface area (Å²) in [6.07, 6.45) is -1.45. The number of ether oxygens (including phenoxy) is 6. The molecule has 0 spiro atoms. The first-order chi connectivity index (χ1) is 15.0. The molecule has 3 fully saturated rings. The maximum Gasteiger partial charge on any atom is 0.341 e. The molecule has 0 aromatic rings. The molecule has 1 aliphatic carbocycles. The first kappa shape index (κ1) is 22.5. The van der Waals surface area contributed by atoms with E-state index in [1.807, 2.05) is 6.92 Å². The van der Waals surface area contributed by atoms with Crippen molar-refractivity contribution in [1.29, 1.82) is 0 Å². The van der Waals surface area contributed by atoms with E-state index in [0.29, 0.717) is 12.8 Å². The Labute approximate surface area is 184 Å². The molecule has 7 unspecified atom stereocenters. The summed E-state index contributed by atoms with van der Waals surface area (Å²) < 4.78 is 32.8. The zero-order valence-electron chi connectivity index (χ0n) is 18.4. The van der Waals surface area contributed by atoms with Gasteiger partial charge in [0.25, 0.3) is 0 Å². The van der Waals surface area contributed by atoms with Crippen LogP contribution in [0, 0.1) is 5.92 Å². The van der Waals surface area contributed by atoms with Crippen LogP contribution in [-0.4, -0.2) is 73.2 Å². The van der Waals surface area contributed by atoms with Crippen LogP contribution in [0.5, 0.6) is 0 Å². The third-order valence-electron chi connectivity index (χ3n) is 6.43. The van der Waals surface area contributed by atoms with Crippen LogP contribution in [0.25, 0.3) is 0 Å². The number of methoxy groups -OCH3 is 1. The number of carbonyl (C=O) groups excluding carboxylic acids is 4. The molecule has 4 aliphatic rings. The quantitative estimate of drug-likeness (QED) is 0.262. The topological polar surface area (TPSA) is 130 Å². The van der Waals surface area contributed by atoms with Gasteiger partial charge in [-0.15, -0.1) is 0 Å². The van der Waals surface area contributed by atoms with Gasteiger partial charge in [0.2, 0.25) is 0 Å². The van der Waals surface area contributed by atoms with Gasteiger partial charge in [-0.25, -0.2) is 14.4 Å². The number of fused-ring (bicyclic) bond motifs is 3. The lowest BCUT2D eigenvalue weighted by Crippen LogP contribution is -2.49. The van der Waals surface area contributed by atoms with Crippen LogP contribution >= 0.6 is 0 Å². The van der Waals surface area contributed by atoms with Gasteiger partial charge in [-0.1, -0.05) is 12.7 Å². The lowest BCUT2D eigenvalue weighted by Gasteiger charge is -2.34. The van der Waals surface area contributed by atoms with Crippen molar-refractivity contribution in [3.05, 3.63) is 23.8 Å². The lowest BCUT2D eigenvalue weighted by atomic mass is 9.80. The molecule has 4 rings (SSSR count). The molecule has 3 heterocycles. The van der Waals surface area contributed by atoms with E-state index in [4.69, 9.17) is 28.4 Å². The average molecular weight is 450 g/mol. The molecule has 0 bridgehead atoms. The highest BCUT2D eigenvalue weighted by Crippen LogP contribution is 2.51. The highest BCUT2D eigenvalue weighted by molar-refractivity contribution is 5.93. The van der Waals surface area contributed by atoms with Crippen LogP contribution in [0.3, 0.4) is 0 Å². The predicted molar refractivity (Wildman–Crippen MR) is 105 cm³/mol. The van der Waals surface area contributed by atoms with Gasteiger partial charge >= 0.3 is 23.9 Å². The summed E-state index contributed by atoms with van der Waals surface area (Å²) in [7, 11) is 1.19. The van der Waals surface area contributed by atoms with Gasteiger partial charge in [0.05, 0.1) is 30.8 Å². The van der Waals surface area contributed by atoms with E-state index in [-0.39, 0.29) is 17.8 Å². The van der Waals surface area contributed by atoms with Gasteiger partial charge in [0, 0.05) is 12.5 Å². The molecule has 32 heavy (non-hydrogen) atoms. The molecule has 0 saturated carbocycles.